The molecule has 2 heterocycles. The predicted octanol–water partition coefficient (Wildman–Crippen LogP) is 1.83. The summed E-state index contributed by atoms with van der Waals surface area (Å²) in [4.78, 5) is 4.20. The molecule has 0 radical (unpaired) electrons. The second-order valence-corrected chi connectivity index (χ2v) is 4.81. The van der Waals surface area contributed by atoms with Crippen LogP contribution in [0.4, 0.5) is 0 Å². The first-order valence-electron chi connectivity index (χ1n) is 7.09. The topological polar surface area (TPSA) is 75.6 Å². The van der Waals surface area contributed by atoms with Crippen LogP contribution in [-0.2, 0) is 12.8 Å². The molecule has 0 aromatic carbocycles. The minimum Gasteiger partial charge on any atom is -0.469 e. The van der Waals surface area contributed by atoms with E-state index in [2.05, 4.69) is 20.8 Å². The van der Waals surface area contributed by atoms with Gasteiger partial charge in [-0.25, -0.2) is 0 Å². The molecule has 0 unspecified atom stereocenters. The van der Waals surface area contributed by atoms with Gasteiger partial charge in [0.05, 0.1) is 12.0 Å². The number of rotatable bonds is 6. The van der Waals surface area contributed by atoms with Gasteiger partial charge in [0.2, 0.25) is 0 Å². The van der Waals surface area contributed by atoms with Gasteiger partial charge in [-0.2, -0.15) is 0 Å². The van der Waals surface area contributed by atoms with Gasteiger partial charge in [-0.05, 0) is 32.4 Å². The molecule has 6 nitrogen and oxygen atoms in total. The third-order valence-electron chi connectivity index (χ3n) is 3.32. The number of hydrogen-bond donors (Lipinski definition) is 2. The number of furan rings is 1. The normalized spacial score (nSPS) is 11.7. The number of guanidine groups is 1. The Morgan fingerprint density at radius 3 is 2.57 bits per heavy atom. The Kier molecular flexibility index (Phi) is 5.43. The molecule has 0 fully saturated rings. The monoisotopic (exact) mass is 290 g/mol. The zero-order valence-electron chi connectivity index (χ0n) is 12.8. The number of aromatic nitrogens is 1. The summed E-state index contributed by atoms with van der Waals surface area (Å²) in [5.41, 5.74) is 2.11. The molecule has 0 saturated heterocycles. The molecule has 2 rings (SSSR count). The highest BCUT2D eigenvalue weighted by molar-refractivity contribution is 5.79. The van der Waals surface area contributed by atoms with E-state index in [9.17, 15) is 0 Å². The fourth-order valence-corrected chi connectivity index (χ4v) is 2.14. The standard InChI is InChI=1S/C15H22N4O2/c1-11-14(12(2)21-19-11)7-9-18-15(16-3)17-8-6-13-5-4-10-20-13/h4-5,10H,6-9H2,1-3H3,(H2,16,17,18). The molecule has 0 aliphatic rings. The van der Waals surface area contributed by atoms with Crippen LogP contribution in [0.5, 0.6) is 0 Å². The van der Waals surface area contributed by atoms with E-state index in [0.29, 0.717) is 0 Å². The lowest BCUT2D eigenvalue weighted by molar-refractivity contribution is 0.392. The number of nitrogens with zero attached hydrogens (tertiary/aromatic N) is 2. The number of nitrogens with one attached hydrogen (secondary N) is 2. The summed E-state index contributed by atoms with van der Waals surface area (Å²) in [6, 6.07) is 3.86. The minimum absolute atomic E-state index is 0.776. The summed E-state index contributed by atoms with van der Waals surface area (Å²) < 4.78 is 10.4. The lowest BCUT2D eigenvalue weighted by Crippen LogP contribution is -2.39. The van der Waals surface area contributed by atoms with E-state index in [4.69, 9.17) is 8.94 Å². The van der Waals surface area contributed by atoms with E-state index in [1.165, 1.54) is 0 Å². The Balaban J connectivity index is 1.70. The SMILES string of the molecule is CN=C(NCCc1ccco1)NCCc1c(C)noc1C. The average Bonchev–Trinajstić information content (AvgIpc) is 3.10. The second kappa shape index (κ2) is 7.52. The molecule has 21 heavy (non-hydrogen) atoms. The average molecular weight is 290 g/mol. The first-order chi connectivity index (χ1) is 10.2. The van der Waals surface area contributed by atoms with Crippen LogP contribution in [0, 0.1) is 13.8 Å². The van der Waals surface area contributed by atoms with Crippen molar-refractivity contribution in [1.29, 1.82) is 0 Å². The predicted molar refractivity (Wildman–Crippen MR) is 81.5 cm³/mol. The van der Waals surface area contributed by atoms with E-state index >= 15 is 0 Å². The number of hydrogen-bond acceptors (Lipinski definition) is 4. The van der Waals surface area contributed by atoms with Crippen LogP contribution in [0.15, 0.2) is 32.3 Å². The summed E-state index contributed by atoms with van der Waals surface area (Å²) in [6.07, 6.45) is 3.38. The van der Waals surface area contributed by atoms with Crippen molar-refractivity contribution in [3.8, 4) is 0 Å². The number of aliphatic imine (C=N–C) groups is 1. The molecular weight excluding hydrogens is 268 g/mol. The van der Waals surface area contributed by atoms with Gasteiger partial charge >= 0.3 is 0 Å². The van der Waals surface area contributed by atoms with Crippen LogP contribution < -0.4 is 10.6 Å². The first kappa shape index (κ1) is 15.2. The smallest absolute Gasteiger partial charge is 0.191 e. The molecule has 0 spiro atoms. The molecule has 2 aromatic heterocycles. The molecule has 0 saturated carbocycles. The van der Waals surface area contributed by atoms with Gasteiger partial charge in [-0.3, -0.25) is 4.99 Å². The zero-order valence-corrected chi connectivity index (χ0v) is 12.8. The highest BCUT2D eigenvalue weighted by Crippen LogP contribution is 2.11. The molecule has 0 aliphatic carbocycles. The fourth-order valence-electron chi connectivity index (χ4n) is 2.14. The van der Waals surface area contributed by atoms with Gasteiger partial charge in [-0.15, -0.1) is 0 Å². The molecule has 0 aliphatic heterocycles. The van der Waals surface area contributed by atoms with Crippen LogP contribution in [0.2, 0.25) is 0 Å². The van der Waals surface area contributed by atoms with Crippen molar-refractivity contribution < 1.29 is 8.94 Å². The van der Waals surface area contributed by atoms with Crippen LogP contribution in [0.1, 0.15) is 22.8 Å². The summed E-state index contributed by atoms with van der Waals surface area (Å²) in [5, 5.41) is 10.5. The van der Waals surface area contributed by atoms with Gasteiger partial charge in [0.25, 0.3) is 0 Å². The Bertz CT molecular complexity index is 553. The maximum absolute atomic E-state index is 5.29. The van der Waals surface area contributed by atoms with Crippen molar-refractivity contribution in [3.63, 3.8) is 0 Å². The largest absolute Gasteiger partial charge is 0.469 e. The quantitative estimate of drug-likeness (QED) is 0.627. The number of aryl methyl sites for hydroxylation is 2. The maximum Gasteiger partial charge on any atom is 0.191 e. The summed E-state index contributed by atoms with van der Waals surface area (Å²) in [6.45, 7) is 5.45. The fraction of sp³-hybridized carbons (Fsp3) is 0.467. The highest BCUT2D eigenvalue weighted by Gasteiger charge is 2.08. The van der Waals surface area contributed by atoms with Crippen molar-refractivity contribution in [3.05, 3.63) is 41.2 Å². The van der Waals surface area contributed by atoms with Crippen LogP contribution in [0.3, 0.4) is 0 Å². The van der Waals surface area contributed by atoms with Crippen molar-refractivity contribution in [2.24, 2.45) is 4.99 Å². The minimum atomic E-state index is 0.776. The lowest BCUT2D eigenvalue weighted by atomic mass is 10.1. The van der Waals surface area contributed by atoms with E-state index in [1.807, 2.05) is 26.0 Å². The molecule has 2 aromatic rings. The lowest BCUT2D eigenvalue weighted by Gasteiger charge is -2.11. The third kappa shape index (κ3) is 4.37. The van der Waals surface area contributed by atoms with Crippen molar-refractivity contribution in [1.82, 2.24) is 15.8 Å². The highest BCUT2D eigenvalue weighted by atomic mass is 16.5. The summed E-state index contributed by atoms with van der Waals surface area (Å²) in [7, 11) is 1.76. The van der Waals surface area contributed by atoms with E-state index in [1.54, 1.807) is 13.3 Å². The van der Waals surface area contributed by atoms with Gasteiger partial charge in [-0.1, -0.05) is 5.16 Å². The van der Waals surface area contributed by atoms with Crippen molar-refractivity contribution in [2.75, 3.05) is 20.1 Å². The first-order valence-corrected chi connectivity index (χ1v) is 7.09. The molecular formula is C15H22N4O2. The van der Waals surface area contributed by atoms with Crippen LogP contribution >= 0.6 is 0 Å². The van der Waals surface area contributed by atoms with Gasteiger partial charge < -0.3 is 19.6 Å². The molecule has 0 amide bonds. The summed E-state index contributed by atoms with van der Waals surface area (Å²) >= 11 is 0. The molecule has 114 valence electrons. The Labute approximate surface area is 124 Å². The Hall–Kier alpha value is -2.24. The second-order valence-electron chi connectivity index (χ2n) is 4.81. The molecule has 2 N–H and O–H groups in total. The van der Waals surface area contributed by atoms with Crippen LogP contribution in [-0.4, -0.2) is 31.3 Å². The van der Waals surface area contributed by atoms with Crippen molar-refractivity contribution in [2.45, 2.75) is 26.7 Å². The van der Waals surface area contributed by atoms with Gasteiger partial charge in [0.1, 0.15) is 11.5 Å². The maximum atomic E-state index is 5.29. The summed E-state index contributed by atoms with van der Waals surface area (Å²) in [5.74, 6) is 2.64. The third-order valence-corrected chi connectivity index (χ3v) is 3.32. The molecule has 0 bridgehead atoms. The van der Waals surface area contributed by atoms with Gasteiger partial charge in [0.15, 0.2) is 5.96 Å². The van der Waals surface area contributed by atoms with Gasteiger partial charge in [0, 0.05) is 32.1 Å². The van der Waals surface area contributed by atoms with E-state index in [0.717, 1.165) is 54.7 Å². The van der Waals surface area contributed by atoms with Crippen molar-refractivity contribution >= 4 is 5.96 Å². The molecule has 0 atom stereocenters. The molecule has 6 heteroatoms. The van der Waals surface area contributed by atoms with E-state index in [-0.39, 0.29) is 0 Å². The van der Waals surface area contributed by atoms with Crippen LogP contribution in [0.25, 0.3) is 0 Å². The Morgan fingerprint density at radius 2 is 2.00 bits per heavy atom. The zero-order chi connectivity index (χ0) is 15.1. The van der Waals surface area contributed by atoms with E-state index < -0.39 is 0 Å². The Morgan fingerprint density at radius 1 is 1.24 bits per heavy atom.